The van der Waals surface area contributed by atoms with Gasteiger partial charge in [-0.2, -0.15) is 0 Å². The van der Waals surface area contributed by atoms with Gasteiger partial charge >= 0.3 is 0 Å². The minimum absolute atomic E-state index is 0.0163. The lowest BCUT2D eigenvalue weighted by Crippen LogP contribution is -1.88. The molecular formula is C12H5BrF3. The van der Waals surface area contributed by atoms with Crippen LogP contribution in [0.25, 0.3) is 11.1 Å². The zero-order valence-electron chi connectivity index (χ0n) is 7.90. The Morgan fingerprint density at radius 3 is 2.44 bits per heavy atom. The van der Waals surface area contributed by atoms with Gasteiger partial charge in [0.1, 0.15) is 17.5 Å². The first-order valence-electron chi connectivity index (χ1n) is 4.40. The Labute approximate surface area is 98.9 Å². The number of hydrogen-bond donors (Lipinski definition) is 0. The van der Waals surface area contributed by atoms with Crippen molar-refractivity contribution >= 4 is 15.9 Å². The number of benzene rings is 2. The lowest BCUT2D eigenvalue weighted by atomic mass is 10.1. The monoisotopic (exact) mass is 285 g/mol. The van der Waals surface area contributed by atoms with Crippen LogP contribution in [-0.2, 0) is 0 Å². The minimum Gasteiger partial charge on any atom is -0.206 e. The molecule has 2 rings (SSSR count). The average Bonchev–Trinajstić information content (AvgIpc) is 2.26. The van der Waals surface area contributed by atoms with E-state index in [-0.39, 0.29) is 15.6 Å². The zero-order valence-corrected chi connectivity index (χ0v) is 9.48. The highest BCUT2D eigenvalue weighted by Crippen LogP contribution is 2.27. The molecule has 0 aromatic heterocycles. The second-order valence-corrected chi connectivity index (χ2v) is 4.03. The molecule has 0 saturated heterocycles. The Morgan fingerprint density at radius 2 is 1.75 bits per heavy atom. The highest BCUT2D eigenvalue weighted by atomic mass is 79.9. The van der Waals surface area contributed by atoms with E-state index in [1.165, 1.54) is 12.1 Å². The lowest BCUT2D eigenvalue weighted by Gasteiger charge is -2.04. The Balaban J connectivity index is 2.58. The Hall–Kier alpha value is -1.29. The van der Waals surface area contributed by atoms with Crippen molar-refractivity contribution in [3.8, 4) is 11.1 Å². The van der Waals surface area contributed by atoms with Crippen LogP contribution in [-0.4, -0.2) is 0 Å². The molecule has 2 aromatic rings. The lowest BCUT2D eigenvalue weighted by molar-refractivity contribution is 0.600. The van der Waals surface area contributed by atoms with E-state index in [0.717, 1.165) is 18.2 Å². The van der Waals surface area contributed by atoms with E-state index >= 15 is 0 Å². The molecule has 0 bridgehead atoms. The summed E-state index contributed by atoms with van der Waals surface area (Å²) in [4.78, 5) is 0. The Kier molecular flexibility index (Phi) is 3.01. The van der Waals surface area contributed by atoms with Crippen LogP contribution in [0.1, 0.15) is 0 Å². The summed E-state index contributed by atoms with van der Waals surface area (Å²) in [6.07, 6.45) is 0. The maximum Gasteiger partial charge on any atom is 0.137 e. The standard InChI is InChI=1S/C12H5BrF3/c13-10-3-1-7(5-12(10)16)9-6-8(14)2-4-11(9)15/h1,3-6H. The van der Waals surface area contributed by atoms with Crippen molar-refractivity contribution in [3.63, 3.8) is 0 Å². The molecule has 0 spiro atoms. The van der Waals surface area contributed by atoms with E-state index < -0.39 is 17.5 Å². The molecule has 16 heavy (non-hydrogen) atoms. The SMILES string of the molecule is Fc1[c]cc(F)c(-c2ccc(Br)c(F)c2)c1. The van der Waals surface area contributed by atoms with Gasteiger partial charge in [-0.15, -0.1) is 0 Å². The number of hydrogen-bond acceptors (Lipinski definition) is 0. The summed E-state index contributed by atoms with van der Waals surface area (Å²) in [5.74, 6) is -1.84. The maximum absolute atomic E-state index is 13.4. The first-order chi connectivity index (χ1) is 7.58. The molecule has 0 aliphatic carbocycles. The third kappa shape index (κ3) is 2.11. The van der Waals surface area contributed by atoms with Gasteiger partial charge in [-0.3, -0.25) is 0 Å². The van der Waals surface area contributed by atoms with E-state index in [9.17, 15) is 13.2 Å². The average molecular weight is 286 g/mol. The number of halogens is 4. The summed E-state index contributed by atoms with van der Waals surface area (Å²) in [5, 5.41) is 0. The van der Waals surface area contributed by atoms with Crippen LogP contribution >= 0.6 is 15.9 Å². The van der Waals surface area contributed by atoms with Gasteiger partial charge in [0.15, 0.2) is 0 Å². The van der Waals surface area contributed by atoms with Crippen LogP contribution in [0.3, 0.4) is 0 Å². The molecule has 0 saturated carbocycles. The molecule has 0 atom stereocenters. The van der Waals surface area contributed by atoms with Crippen LogP contribution in [0.4, 0.5) is 13.2 Å². The molecule has 4 heteroatoms. The van der Waals surface area contributed by atoms with Crippen LogP contribution < -0.4 is 0 Å². The second-order valence-electron chi connectivity index (χ2n) is 3.17. The summed E-state index contributed by atoms with van der Waals surface area (Å²) in [6, 6.07) is 8.06. The summed E-state index contributed by atoms with van der Waals surface area (Å²) < 4.78 is 39.7. The van der Waals surface area contributed by atoms with Gasteiger partial charge in [0.2, 0.25) is 0 Å². The van der Waals surface area contributed by atoms with Crippen molar-refractivity contribution in [2.45, 2.75) is 0 Å². The molecule has 0 heterocycles. The summed E-state index contributed by atoms with van der Waals surface area (Å²) in [5.41, 5.74) is 0.300. The molecule has 2 aromatic carbocycles. The molecule has 81 valence electrons. The van der Waals surface area contributed by atoms with Gasteiger partial charge in [-0.25, -0.2) is 13.2 Å². The van der Waals surface area contributed by atoms with Crippen LogP contribution in [0.5, 0.6) is 0 Å². The summed E-state index contributed by atoms with van der Waals surface area (Å²) >= 11 is 2.99. The van der Waals surface area contributed by atoms with Crippen molar-refractivity contribution < 1.29 is 13.2 Å². The molecule has 0 N–H and O–H groups in total. The molecule has 1 radical (unpaired) electrons. The highest BCUT2D eigenvalue weighted by Gasteiger charge is 2.08. The highest BCUT2D eigenvalue weighted by molar-refractivity contribution is 9.10. The zero-order chi connectivity index (χ0) is 11.7. The minimum atomic E-state index is -0.681. The van der Waals surface area contributed by atoms with E-state index in [0.29, 0.717) is 0 Å². The van der Waals surface area contributed by atoms with E-state index in [4.69, 9.17) is 0 Å². The van der Waals surface area contributed by atoms with Gasteiger partial charge in [0.05, 0.1) is 4.47 Å². The molecule has 0 aliphatic heterocycles. The predicted octanol–water partition coefficient (Wildman–Crippen LogP) is 4.33. The normalized spacial score (nSPS) is 10.5. The fraction of sp³-hybridized carbons (Fsp3) is 0. The summed E-state index contributed by atoms with van der Waals surface area (Å²) in [7, 11) is 0. The molecule has 0 fully saturated rings. The van der Waals surface area contributed by atoms with Gasteiger partial charge in [0.25, 0.3) is 0 Å². The quantitative estimate of drug-likeness (QED) is 0.731. The van der Waals surface area contributed by atoms with Crippen molar-refractivity contribution in [1.82, 2.24) is 0 Å². The van der Waals surface area contributed by atoms with Gasteiger partial charge in [0, 0.05) is 11.6 Å². The van der Waals surface area contributed by atoms with Crippen molar-refractivity contribution in [2.24, 2.45) is 0 Å². The third-order valence-corrected chi connectivity index (χ3v) is 2.74. The van der Waals surface area contributed by atoms with Gasteiger partial charge in [-0.1, -0.05) is 6.07 Å². The van der Waals surface area contributed by atoms with E-state index in [2.05, 4.69) is 22.0 Å². The van der Waals surface area contributed by atoms with Gasteiger partial charge < -0.3 is 0 Å². The smallest absolute Gasteiger partial charge is 0.137 e. The molecule has 0 aliphatic rings. The second kappa shape index (κ2) is 4.29. The van der Waals surface area contributed by atoms with Crippen molar-refractivity contribution in [3.05, 3.63) is 58.3 Å². The fourth-order valence-corrected chi connectivity index (χ4v) is 1.58. The van der Waals surface area contributed by atoms with E-state index in [1.807, 2.05) is 0 Å². The third-order valence-electron chi connectivity index (χ3n) is 2.10. The van der Waals surface area contributed by atoms with Crippen molar-refractivity contribution in [2.75, 3.05) is 0 Å². The van der Waals surface area contributed by atoms with Crippen LogP contribution in [0, 0.1) is 23.5 Å². The first kappa shape index (κ1) is 11.2. The molecule has 0 nitrogen and oxygen atoms in total. The topological polar surface area (TPSA) is 0 Å². The van der Waals surface area contributed by atoms with E-state index in [1.54, 1.807) is 0 Å². The van der Waals surface area contributed by atoms with Crippen LogP contribution in [0.15, 0.2) is 34.8 Å². The van der Waals surface area contributed by atoms with Crippen molar-refractivity contribution in [1.29, 1.82) is 0 Å². The Morgan fingerprint density at radius 1 is 1.00 bits per heavy atom. The van der Waals surface area contributed by atoms with Crippen LogP contribution in [0.2, 0.25) is 0 Å². The summed E-state index contributed by atoms with van der Waals surface area (Å²) in [6.45, 7) is 0. The maximum atomic E-state index is 13.4. The largest absolute Gasteiger partial charge is 0.206 e. The Bertz CT molecular complexity index is 538. The molecule has 0 unspecified atom stereocenters. The molecular weight excluding hydrogens is 281 g/mol. The fourth-order valence-electron chi connectivity index (χ4n) is 1.33. The predicted molar refractivity (Wildman–Crippen MR) is 58.3 cm³/mol. The first-order valence-corrected chi connectivity index (χ1v) is 5.19. The van der Waals surface area contributed by atoms with Gasteiger partial charge in [-0.05, 0) is 45.8 Å². The molecule has 0 amide bonds. The number of rotatable bonds is 1.